The summed E-state index contributed by atoms with van der Waals surface area (Å²) in [6.07, 6.45) is 4.41. The molecule has 0 aromatic heterocycles. The highest BCUT2D eigenvalue weighted by molar-refractivity contribution is 6.40. The topological polar surface area (TPSA) is 52.6 Å². The van der Waals surface area contributed by atoms with E-state index >= 15 is 0 Å². The van der Waals surface area contributed by atoms with Crippen LogP contribution < -0.4 is 0 Å². The summed E-state index contributed by atoms with van der Waals surface area (Å²) >= 11 is 0. The minimum atomic E-state index is -0.892. The zero-order valence-corrected chi connectivity index (χ0v) is 9.83. The maximum atomic E-state index is 11.3. The van der Waals surface area contributed by atoms with Crippen LogP contribution in [0, 0.1) is 0 Å². The molecule has 0 N–H and O–H groups in total. The average Bonchev–Trinajstić information content (AvgIpc) is 2.41. The third kappa shape index (κ3) is 2.66. The highest BCUT2D eigenvalue weighted by atomic mass is 16.6. The van der Waals surface area contributed by atoms with Crippen molar-refractivity contribution in [3.63, 3.8) is 0 Å². The smallest absolute Gasteiger partial charge is 0.383 e. The minimum Gasteiger partial charge on any atom is -0.493 e. The molecule has 0 saturated carbocycles. The summed E-state index contributed by atoms with van der Waals surface area (Å²) in [7, 11) is 1.35. The Morgan fingerprint density at radius 3 is 2.61 bits per heavy atom. The molecule has 1 aliphatic heterocycles. The lowest BCUT2D eigenvalue weighted by Crippen LogP contribution is -2.30. The fraction of sp³-hybridized carbons (Fsp3) is 0.143. The first-order chi connectivity index (χ1) is 8.70. The second-order valence-corrected chi connectivity index (χ2v) is 3.70. The lowest BCUT2D eigenvalue weighted by Gasteiger charge is -2.16. The van der Waals surface area contributed by atoms with Crippen LogP contribution in [0.15, 0.2) is 48.2 Å². The van der Waals surface area contributed by atoms with Crippen LogP contribution in [-0.4, -0.2) is 25.0 Å². The molecule has 92 valence electrons. The predicted molar refractivity (Wildman–Crippen MR) is 65.5 cm³/mol. The predicted octanol–water partition coefficient (Wildman–Crippen LogP) is 1.72. The van der Waals surface area contributed by atoms with E-state index in [1.54, 1.807) is 6.08 Å². The van der Waals surface area contributed by atoms with Crippen molar-refractivity contribution in [1.29, 1.82) is 0 Å². The fourth-order valence-corrected chi connectivity index (χ4v) is 1.56. The van der Waals surface area contributed by atoms with Gasteiger partial charge >= 0.3 is 11.8 Å². The van der Waals surface area contributed by atoms with E-state index in [-0.39, 0.29) is 5.76 Å². The number of esters is 1. The molecule has 0 saturated heterocycles. The SMILES string of the molecule is COC1=CC(C=Cc2ccccc2)OC(=O)C1=O. The molecule has 1 aliphatic rings. The van der Waals surface area contributed by atoms with E-state index in [1.165, 1.54) is 13.2 Å². The van der Waals surface area contributed by atoms with Crippen LogP contribution in [0.3, 0.4) is 0 Å². The molecular weight excluding hydrogens is 232 g/mol. The molecular formula is C14H12O4. The van der Waals surface area contributed by atoms with Gasteiger partial charge < -0.3 is 9.47 Å². The Morgan fingerprint density at radius 2 is 1.94 bits per heavy atom. The number of Topliss-reactive ketones (excluding diaryl/α,β-unsaturated/α-hetero) is 1. The van der Waals surface area contributed by atoms with E-state index < -0.39 is 17.9 Å². The van der Waals surface area contributed by atoms with Gasteiger partial charge in [0.25, 0.3) is 0 Å². The number of cyclic esters (lactones) is 1. The van der Waals surface area contributed by atoms with Crippen LogP contribution in [0.5, 0.6) is 0 Å². The summed E-state index contributed by atoms with van der Waals surface area (Å²) in [6, 6.07) is 9.58. The lowest BCUT2D eigenvalue weighted by molar-refractivity contribution is -0.156. The van der Waals surface area contributed by atoms with Crippen LogP contribution in [-0.2, 0) is 19.1 Å². The summed E-state index contributed by atoms with van der Waals surface area (Å²) in [6.45, 7) is 0. The van der Waals surface area contributed by atoms with Crippen molar-refractivity contribution in [3.05, 3.63) is 53.8 Å². The second kappa shape index (κ2) is 5.31. The van der Waals surface area contributed by atoms with Gasteiger partial charge in [0.1, 0.15) is 6.10 Å². The quantitative estimate of drug-likeness (QED) is 0.600. The summed E-state index contributed by atoms with van der Waals surface area (Å²) in [4.78, 5) is 22.5. The van der Waals surface area contributed by atoms with Crippen molar-refractivity contribution < 1.29 is 19.1 Å². The third-order valence-corrected chi connectivity index (χ3v) is 2.47. The summed E-state index contributed by atoms with van der Waals surface area (Å²) < 4.78 is 9.75. The van der Waals surface area contributed by atoms with Crippen molar-refractivity contribution >= 4 is 17.8 Å². The molecule has 0 fully saturated rings. The molecule has 1 aromatic carbocycles. The molecule has 1 atom stereocenters. The van der Waals surface area contributed by atoms with Crippen molar-refractivity contribution in [3.8, 4) is 0 Å². The van der Waals surface area contributed by atoms with Crippen molar-refractivity contribution in [2.24, 2.45) is 0 Å². The van der Waals surface area contributed by atoms with E-state index in [9.17, 15) is 9.59 Å². The van der Waals surface area contributed by atoms with E-state index in [0.29, 0.717) is 0 Å². The Hall–Kier alpha value is -2.36. The Labute approximate surface area is 105 Å². The van der Waals surface area contributed by atoms with Gasteiger partial charge in [0.2, 0.25) is 0 Å². The molecule has 0 aliphatic carbocycles. The second-order valence-electron chi connectivity index (χ2n) is 3.70. The van der Waals surface area contributed by atoms with Gasteiger partial charge in [-0.05, 0) is 11.6 Å². The Morgan fingerprint density at radius 1 is 1.22 bits per heavy atom. The molecule has 4 nitrogen and oxygen atoms in total. The van der Waals surface area contributed by atoms with Crippen LogP contribution in [0.25, 0.3) is 6.08 Å². The first-order valence-corrected chi connectivity index (χ1v) is 5.45. The van der Waals surface area contributed by atoms with Crippen molar-refractivity contribution in [1.82, 2.24) is 0 Å². The molecule has 0 amide bonds. The van der Waals surface area contributed by atoms with Gasteiger partial charge in [0.05, 0.1) is 7.11 Å². The van der Waals surface area contributed by atoms with Crippen LogP contribution in [0.4, 0.5) is 0 Å². The summed E-state index contributed by atoms with van der Waals surface area (Å²) in [5.41, 5.74) is 0.984. The van der Waals surface area contributed by atoms with E-state index in [1.807, 2.05) is 36.4 Å². The molecule has 4 heteroatoms. The van der Waals surface area contributed by atoms with Gasteiger partial charge in [-0.2, -0.15) is 0 Å². The molecule has 0 spiro atoms. The highest BCUT2D eigenvalue weighted by Gasteiger charge is 2.29. The number of benzene rings is 1. The maximum absolute atomic E-state index is 11.3. The summed E-state index contributed by atoms with van der Waals surface area (Å²) in [5.74, 6) is -1.62. The van der Waals surface area contributed by atoms with E-state index in [2.05, 4.69) is 0 Å². The third-order valence-electron chi connectivity index (χ3n) is 2.47. The Kier molecular flexibility index (Phi) is 3.57. The van der Waals surface area contributed by atoms with Gasteiger partial charge in [0.15, 0.2) is 5.76 Å². The van der Waals surface area contributed by atoms with Gasteiger partial charge in [0, 0.05) is 6.08 Å². The first-order valence-electron chi connectivity index (χ1n) is 5.45. The normalized spacial score (nSPS) is 19.6. The van der Waals surface area contributed by atoms with Crippen molar-refractivity contribution in [2.45, 2.75) is 6.10 Å². The standard InChI is InChI=1S/C14H12O4/c1-17-12-9-11(18-14(16)13(12)15)8-7-10-5-3-2-4-6-10/h2-9,11H,1H3. The first kappa shape index (κ1) is 12.1. The maximum Gasteiger partial charge on any atom is 0.383 e. The molecule has 1 heterocycles. The van der Waals surface area contributed by atoms with E-state index in [0.717, 1.165) is 5.56 Å². The monoisotopic (exact) mass is 244 g/mol. The van der Waals surface area contributed by atoms with Crippen LogP contribution in [0.2, 0.25) is 0 Å². The van der Waals surface area contributed by atoms with Gasteiger partial charge in [-0.25, -0.2) is 4.79 Å². The lowest BCUT2D eigenvalue weighted by atomic mass is 10.1. The van der Waals surface area contributed by atoms with Crippen LogP contribution >= 0.6 is 0 Å². The van der Waals surface area contributed by atoms with Gasteiger partial charge in [-0.3, -0.25) is 4.79 Å². The summed E-state index contributed by atoms with van der Waals surface area (Å²) in [5, 5.41) is 0. The number of hydrogen-bond donors (Lipinski definition) is 0. The minimum absolute atomic E-state index is 0.0222. The number of ketones is 1. The number of carbonyl (C=O) groups excluding carboxylic acids is 2. The number of carbonyl (C=O) groups is 2. The molecule has 2 rings (SSSR count). The highest BCUT2D eigenvalue weighted by Crippen LogP contribution is 2.14. The number of rotatable bonds is 3. The van der Waals surface area contributed by atoms with Crippen LogP contribution in [0.1, 0.15) is 5.56 Å². The molecule has 0 radical (unpaired) electrons. The zero-order valence-electron chi connectivity index (χ0n) is 9.83. The average molecular weight is 244 g/mol. The van der Waals surface area contributed by atoms with Crippen molar-refractivity contribution in [2.75, 3.05) is 7.11 Å². The fourth-order valence-electron chi connectivity index (χ4n) is 1.56. The molecule has 0 bridgehead atoms. The molecule has 18 heavy (non-hydrogen) atoms. The number of ether oxygens (including phenoxy) is 2. The molecule has 1 aromatic rings. The molecule has 1 unspecified atom stereocenters. The largest absolute Gasteiger partial charge is 0.493 e. The zero-order chi connectivity index (χ0) is 13.0. The number of methoxy groups -OCH3 is 1. The van der Waals surface area contributed by atoms with Gasteiger partial charge in [-0.1, -0.05) is 36.4 Å². The Bertz CT molecular complexity index is 514. The van der Waals surface area contributed by atoms with Gasteiger partial charge in [-0.15, -0.1) is 0 Å². The number of hydrogen-bond acceptors (Lipinski definition) is 4. The van der Waals surface area contributed by atoms with E-state index in [4.69, 9.17) is 9.47 Å². The Balaban J connectivity index is 2.15.